The second-order valence-corrected chi connectivity index (χ2v) is 6.10. The number of carbonyl (C=O) groups is 3. The Morgan fingerprint density at radius 1 is 1.08 bits per heavy atom. The lowest BCUT2D eigenvalue weighted by Crippen LogP contribution is -2.27. The molecular formula is C18H12FNO4S. The highest BCUT2D eigenvalue weighted by Crippen LogP contribution is 2.35. The SMILES string of the molecule is COC(=O)c1ccc(/C=C2\SC(=O)N(c3ccc(F)cc3)C2=O)cc1. The summed E-state index contributed by atoms with van der Waals surface area (Å²) in [6.07, 6.45) is 1.56. The molecule has 0 radical (unpaired) electrons. The van der Waals surface area contributed by atoms with Crippen LogP contribution in [0.4, 0.5) is 14.9 Å². The summed E-state index contributed by atoms with van der Waals surface area (Å²) in [5.74, 6) is -1.38. The summed E-state index contributed by atoms with van der Waals surface area (Å²) in [5.41, 5.74) is 1.37. The summed E-state index contributed by atoms with van der Waals surface area (Å²) in [7, 11) is 1.29. The van der Waals surface area contributed by atoms with Gasteiger partial charge in [-0.3, -0.25) is 9.59 Å². The molecule has 3 rings (SSSR count). The summed E-state index contributed by atoms with van der Waals surface area (Å²) in [6, 6.07) is 11.6. The fourth-order valence-electron chi connectivity index (χ4n) is 2.27. The zero-order chi connectivity index (χ0) is 18.0. The van der Waals surface area contributed by atoms with Crippen LogP contribution in [0.25, 0.3) is 6.08 Å². The lowest BCUT2D eigenvalue weighted by atomic mass is 10.1. The molecular weight excluding hydrogens is 345 g/mol. The summed E-state index contributed by atoms with van der Waals surface area (Å²) < 4.78 is 17.6. The van der Waals surface area contributed by atoms with Gasteiger partial charge in [-0.15, -0.1) is 0 Å². The average Bonchev–Trinajstić information content (AvgIpc) is 2.89. The number of imide groups is 1. The Labute approximate surface area is 147 Å². The van der Waals surface area contributed by atoms with Crippen LogP contribution in [-0.2, 0) is 9.53 Å². The number of esters is 1. The van der Waals surface area contributed by atoms with Crippen LogP contribution in [0.3, 0.4) is 0 Å². The summed E-state index contributed by atoms with van der Waals surface area (Å²) in [5, 5.41) is -0.450. The monoisotopic (exact) mass is 357 g/mol. The molecule has 0 aromatic heterocycles. The minimum absolute atomic E-state index is 0.250. The van der Waals surface area contributed by atoms with Crippen LogP contribution in [0.5, 0.6) is 0 Å². The predicted octanol–water partition coefficient (Wildman–Crippen LogP) is 3.85. The Bertz CT molecular complexity index is 875. The normalized spacial score (nSPS) is 15.8. The van der Waals surface area contributed by atoms with Gasteiger partial charge in [0, 0.05) is 0 Å². The highest BCUT2D eigenvalue weighted by Gasteiger charge is 2.36. The first-order chi connectivity index (χ1) is 12.0. The zero-order valence-electron chi connectivity index (χ0n) is 13.1. The highest BCUT2D eigenvalue weighted by atomic mass is 32.2. The van der Waals surface area contributed by atoms with Gasteiger partial charge in [-0.2, -0.15) is 0 Å². The fraction of sp³-hybridized carbons (Fsp3) is 0.0556. The van der Waals surface area contributed by atoms with E-state index >= 15 is 0 Å². The molecule has 2 aromatic rings. The molecule has 0 aliphatic carbocycles. The van der Waals surface area contributed by atoms with Crippen molar-refractivity contribution in [2.45, 2.75) is 0 Å². The maximum absolute atomic E-state index is 13.0. The number of amides is 2. The van der Waals surface area contributed by atoms with Crippen LogP contribution < -0.4 is 4.90 Å². The van der Waals surface area contributed by atoms with E-state index in [0.29, 0.717) is 16.8 Å². The number of rotatable bonds is 3. The third-order valence-electron chi connectivity index (χ3n) is 3.51. The summed E-state index contributed by atoms with van der Waals surface area (Å²) >= 11 is 0.804. The average molecular weight is 357 g/mol. The molecule has 0 atom stereocenters. The van der Waals surface area contributed by atoms with E-state index in [1.165, 1.54) is 31.4 Å². The first-order valence-corrected chi connectivity index (χ1v) is 8.03. The van der Waals surface area contributed by atoms with Crippen LogP contribution in [0, 0.1) is 5.82 Å². The molecule has 0 bridgehead atoms. The second-order valence-electron chi connectivity index (χ2n) is 5.11. The quantitative estimate of drug-likeness (QED) is 0.617. The van der Waals surface area contributed by atoms with E-state index in [0.717, 1.165) is 16.7 Å². The Balaban J connectivity index is 1.85. The van der Waals surface area contributed by atoms with Gasteiger partial charge in [-0.05, 0) is 59.8 Å². The number of anilines is 1. The number of hydrogen-bond acceptors (Lipinski definition) is 5. The van der Waals surface area contributed by atoms with E-state index in [2.05, 4.69) is 4.74 Å². The van der Waals surface area contributed by atoms with Gasteiger partial charge in [0.05, 0.1) is 23.3 Å². The largest absolute Gasteiger partial charge is 0.465 e. The molecule has 0 spiro atoms. The smallest absolute Gasteiger partial charge is 0.337 e. The van der Waals surface area contributed by atoms with Crippen LogP contribution in [0.1, 0.15) is 15.9 Å². The molecule has 7 heteroatoms. The van der Waals surface area contributed by atoms with Crippen molar-refractivity contribution in [2.75, 3.05) is 12.0 Å². The fourth-order valence-corrected chi connectivity index (χ4v) is 3.11. The van der Waals surface area contributed by atoms with Crippen LogP contribution in [0.2, 0.25) is 0 Å². The molecule has 0 saturated carbocycles. The lowest BCUT2D eigenvalue weighted by Gasteiger charge is -2.11. The molecule has 1 aliphatic heterocycles. The Hall–Kier alpha value is -2.93. The number of benzene rings is 2. The van der Waals surface area contributed by atoms with Crippen molar-refractivity contribution in [3.8, 4) is 0 Å². The zero-order valence-corrected chi connectivity index (χ0v) is 13.9. The van der Waals surface area contributed by atoms with Gasteiger partial charge >= 0.3 is 5.97 Å². The predicted molar refractivity (Wildman–Crippen MR) is 92.6 cm³/mol. The minimum Gasteiger partial charge on any atom is -0.465 e. The molecule has 1 fully saturated rings. The summed E-state index contributed by atoms with van der Waals surface area (Å²) in [6.45, 7) is 0. The standard InChI is InChI=1S/C18H12FNO4S/c1-24-17(22)12-4-2-11(3-5-12)10-15-16(21)20(18(23)25-15)14-8-6-13(19)7-9-14/h2-10H,1H3/b15-10-. The molecule has 0 N–H and O–H groups in total. The van der Waals surface area contributed by atoms with Crippen LogP contribution >= 0.6 is 11.8 Å². The van der Waals surface area contributed by atoms with Gasteiger partial charge in [-0.1, -0.05) is 12.1 Å². The number of hydrogen-bond donors (Lipinski definition) is 0. The molecule has 1 heterocycles. The van der Waals surface area contributed by atoms with E-state index < -0.39 is 22.9 Å². The molecule has 2 amide bonds. The maximum Gasteiger partial charge on any atom is 0.337 e. The molecule has 1 aliphatic rings. The molecule has 1 saturated heterocycles. The maximum atomic E-state index is 13.0. The van der Waals surface area contributed by atoms with Gasteiger partial charge in [0.1, 0.15) is 5.82 Å². The molecule has 2 aromatic carbocycles. The Morgan fingerprint density at radius 2 is 1.72 bits per heavy atom. The van der Waals surface area contributed by atoms with Crippen molar-refractivity contribution in [3.05, 3.63) is 70.4 Å². The van der Waals surface area contributed by atoms with Crippen molar-refractivity contribution in [3.63, 3.8) is 0 Å². The second kappa shape index (κ2) is 6.90. The van der Waals surface area contributed by atoms with Gasteiger partial charge in [0.25, 0.3) is 11.1 Å². The van der Waals surface area contributed by atoms with Crippen molar-refractivity contribution in [1.29, 1.82) is 0 Å². The van der Waals surface area contributed by atoms with Crippen LogP contribution in [0.15, 0.2) is 53.4 Å². The third-order valence-corrected chi connectivity index (χ3v) is 4.38. The number of nitrogens with zero attached hydrogens (tertiary/aromatic N) is 1. The van der Waals surface area contributed by atoms with E-state index in [1.54, 1.807) is 30.3 Å². The number of thioether (sulfide) groups is 1. The van der Waals surface area contributed by atoms with Crippen molar-refractivity contribution in [1.82, 2.24) is 0 Å². The van der Waals surface area contributed by atoms with Crippen molar-refractivity contribution < 1.29 is 23.5 Å². The van der Waals surface area contributed by atoms with E-state index in [4.69, 9.17) is 0 Å². The Morgan fingerprint density at radius 3 is 2.32 bits per heavy atom. The minimum atomic E-state index is -0.473. The van der Waals surface area contributed by atoms with E-state index in [1.807, 2.05) is 0 Å². The number of ether oxygens (including phenoxy) is 1. The highest BCUT2D eigenvalue weighted by molar-refractivity contribution is 8.19. The molecule has 0 unspecified atom stereocenters. The molecule has 5 nitrogen and oxygen atoms in total. The Kier molecular flexibility index (Phi) is 4.67. The van der Waals surface area contributed by atoms with Crippen molar-refractivity contribution >= 4 is 40.6 Å². The van der Waals surface area contributed by atoms with Gasteiger partial charge in [0.15, 0.2) is 0 Å². The lowest BCUT2D eigenvalue weighted by molar-refractivity contribution is -0.113. The number of methoxy groups -OCH3 is 1. The van der Waals surface area contributed by atoms with Gasteiger partial charge < -0.3 is 4.74 Å². The third kappa shape index (κ3) is 3.46. The molecule has 126 valence electrons. The van der Waals surface area contributed by atoms with E-state index in [9.17, 15) is 18.8 Å². The first kappa shape index (κ1) is 16.9. The molecule has 25 heavy (non-hydrogen) atoms. The van der Waals surface area contributed by atoms with Crippen molar-refractivity contribution in [2.24, 2.45) is 0 Å². The van der Waals surface area contributed by atoms with Gasteiger partial charge in [0.2, 0.25) is 0 Å². The van der Waals surface area contributed by atoms with E-state index in [-0.39, 0.29) is 4.91 Å². The topological polar surface area (TPSA) is 63.7 Å². The number of carbonyl (C=O) groups excluding carboxylic acids is 3. The summed E-state index contributed by atoms with van der Waals surface area (Å²) in [4.78, 5) is 37.3. The van der Waals surface area contributed by atoms with Gasteiger partial charge in [-0.25, -0.2) is 14.1 Å². The number of halogens is 1. The van der Waals surface area contributed by atoms with Crippen LogP contribution in [-0.4, -0.2) is 24.2 Å². The first-order valence-electron chi connectivity index (χ1n) is 7.21.